The number of aryl methyl sites for hydroxylation is 1. The molecule has 0 unspecified atom stereocenters. The fourth-order valence-electron chi connectivity index (χ4n) is 3.59. The van der Waals surface area contributed by atoms with Crippen molar-refractivity contribution in [1.82, 2.24) is 18.8 Å². The molecule has 1 aliphatic rings. The van der Waals surface area contributed by atoms with Crippen LogP contribution in [-0.2, 0) is 21.4 Å². The van der Waals surface area contributed by atoms with Gasteiger partial charge in [-0.25, -0.2) is 18.2 Å². The lowest BCUT2D eigenvalue weighted by atomic mass is 10.1. The first-order valence-electron chi connectivity index (χ1n) is 11.4. The first kappa shape index (κ1) is 28.8. The summed E-state index contributed by atoms with van der Waals surface area (Å²) in [4.78, 5) is 30.7. The zero-order valence-corrected chi connectivity index (χ0v) is 21.5. The van der Waals surface area contributed by atoms with Crippen LogP contribution in [0.25, 0.3) is 5.69 Å². The van der Waals surface area contributed by atoms with Gasteiger partial charge in [0.2, 0.25) is 10.0 Å². The van der Waals surface area contributed by atoms with Crippen LogP contribution in [0, 0.1) is 12.8 Å². The maximum absolute atomic E-state index is 13.4. The molecule has 1 aromatic carbocycles. The predicted octanol–water partition coefficient (Wildman–Crippen LogP) is 4.01. The zero-order valence-electron chi connectivity index (χ0n) is 20.7. The first-order valence-corrected chi connectivity index (χ1v) is 12.9. The van der Waals surface area contributed by atoms with Gasteiger partial charge in [0.1, 0.15) is 11.2 Å². The van der Waals surface area contributed by atoms with E-state index in [1.807, 2.05) is 0 Å². The molecule has 204 valence electrons. The topological polar surface area (TPSA) is 134 Å². The molecule has 1 amide bonds. The highest BCUT2D eigenvalue weighted by Crippen LogP contribution is 2.32. The molecule has 2 aromatic heterocycles. The van der Waals surface area contributed by atoms with Crippen LogP contribution < -0.4 is 5.32 Å². The van der Waals surface area contributed by atoms with E-state index >= 15 is 0 Å². The van der Waals surface area contributed by atoms with Crippen molar-refractivity contribution in [2.75, 3.05) is 11.9 Å². The molecule has 3 heterocycles. The number of fused-ring (bicyclic) bond motifs is 3. The minimum atomic E-state index is -5.08. The van der Waals surface area contributed by atoms with Gasteiger partial charge in [-0.1, -0.05) is 26.0 Å². The van der Waals surface area contributed by atoms with Gasteiger partial charge in [0.15, 0.2) is 5.69 Å². The SMILES string of the molecule is Cc1ncccc1NC(=O)c1ncn2c1CN(CCC(C)C)S(=O)(=O)c1ccccc1-2.O=C(O)C(F)(F)F. The van der Waals surface area contributed by atoms with Gasteiger partial charge in [0.05, 0.1) is 29.3 Å². The number of hydrogen-bond acceptors (Lipinski definition) is 6. The number of rotatable bonds is 5. The van der Waals surface area contributed by atoms with E-state index in [1.54, 1.807) is 54.1 Å². The molecule has 10 nitrogen and oxygen atoms in total. The second-order valence-electron chi connectivity index (χ2n) is 8.79. The van der Waals surface area contributed by atoms with Gasteiger partial charge in [-0.2, -0.15) is 17.5 Å². The Morgan fingerprint density at radius 3 is 2.39 bits per heavy atom. The van der Waals surface area contributed by atoms with Crippen molar-refractivity contribution < 1.29 is 36.3 Å². The van der Waals surface area contributed by atoms with Crippen LogP contribution in [0.5, 0.6) is 0 Å². The van der Waals surface area contributed by atoms with Crippen LogP contribution in [0.4, 0.5) is 18.9 Å². The number of carboxylic acid groups (broad SMARTS) is 1. The Morgan fingerprint density at radius 2 is 1.79 bits per heavy atom. The molecule has 0 radical (unpaired) electrons. The van der Waals surface area contributed by atoms with Crippen molar-refractivity contribution in [2.45, 2.75) is 44.8 Å². The molecule has 38 heavy (non-hydrogen) atoms. The number of amides is 1. The second kappa shape index (κ2) is 11.3. The van der Waals surface area contributed by atoms with Gasteiger partial charge in [0, 0.05) is 12.7 Å². The molecule has 0 aliphatic carbocycles. The van der Waals surface area contributed by atoms with E-state index in [2.05, 4.69) is 29.1 Å². The molecule has 0 spiro atoms. The Bertz CT molecular complexity index is 1440. The fraction of sp³-hybridized carbons (Fsp3) is 0.333. The molecule has 1 aliphatic heterocycles. The van der Waals surface area contributed by atoms with E-state index in [0.717, 1.165) is 0 Å². The Hall–Kier alpha value is -3.78. The van der Waals surface area contributed by atoms with Gasteiger partial charge in [-0.15, -0.1) is 0 Å². The molecule has 0 atom stereocenters. The average Bonchev–Trinajstić information content (AvgIpc) is 3.22. The number of benzene rings is 1. The van der Waals surface area contributed by atoms with E-state index in [4.69, 9.17) is 9.90 Å². The van der Waals surface area contributed by atoms with Crippen LogP contribution in [0.1, 0.15) is 42.1 Å². The molecule has 0 fully saturated rings. The van der Waals surface area contributed by atoms with Gasteiger partial charge < -0.3 is 10.4 Å². The normalized spacial score (nSPS) is 14.5. The summed E-state index contributed by atoms with van der Waals surface area (Å²) >= 11 is 0. The first-order chi connectivity index (χ1) is 17.7. The number of halogens is 3. The number of alkyl halides is 3. The van der Waals surface area contributed by atoms with Gasteiger partial charge in [-0.3, -0.25) is 14.3 Å². The number of imidazole rings is 1. The van der Waals surface area contributed by atoms with Crippen molar-refractivity contribution in [3.8, 4) is 5.69 Å². The summed E-state index contributed by atoms with van der Waals surface area (Å²) in [5, 5.41) is 9.97. The summed E-state index contributed by atoms with van der Waals surface area (Å²) in [6, 6.07) is 10.3. The van der Waals surface area contributed by atoms with Crippen LogP contribution in [0.2, 0.25) is 0 Å². The number of carbonyl (C=O) groups excluding carboxylic acids is 1. The number of carbonyl (C=O) groups is 2. The van der Waals surface area contributed by atoms with E-state index in [0.29, 0.717) is 41.6 Å². The summed E-state index contributed by atoms with van der Waals surface area (Å²) < 4.78 is 61.7. The quantitative estimate of drug-likeness (QED) is 0.488. The van der Waals surface area contributed by atoms with Crippen molar-refractivity contribution in [3.63, 3.8) is 0 Å². The van der Waals surface area contributed by atoms with Gasteiger partial charge in [0.25, 0.3) is 5.91 Å². The number of carboxylic acids is 1. The minimum absolute atomic E-state index is 0.0680. The number of aromatic nitrogens is 3. The summed E-state index contributed by atoms with van der Waals surface area (Å²) in [6.45, 7) is 6.34. The third kappa shape index (κ3) is 6.37. The van der Waals surface area contributed by atoms with E-state index < -0.39 is 28.1 Å². The molecule has 0 saturated carbocycles. The number of hydrogen-bond donors (Lipinski definition) is 2. The number of nitrogens with one attached hydrogen (secondary N) is 1. The standard InChI is InChI=1S/C22H25N5O3S.C2HF3O2/c1-15(2)10-12-26-13-19-21(22(28)25-17-7-6-11-23-16(17)3)24-14-27(19)18-8-4-5-9-20(18)31(26,29)30;3-2(4,5)1(6)7/h4-9,11,14-15H,10,12-13H2,1-3H3,(H,25,28);(H,6,7). The van der Waals surface area contributed by atoms with Crippen LogP contribution in [0.15, 0.2) is 53.8 Å². The molecule has 3 aromatic rings. The van der Waals surface area contributed by atoms with Crippen molar-refractivity contribution >= 4 is 27.6 Å². The number of anilines is 1. The number of nitrogens with zero attached hydrogens (tertiary/aromatic N) is 4. The fourth-order valence-corrected chi connectivity index (χ4v) is 5.18. The molecule has 0 bridgehead atoms. The molecule has 4 rings (SSSR count). The minimum Gasteiger partial charge on any atom is -0.475 e. The van der Waals surface area contributed by atoms with Crippen molar-refractivity contribution in [2.24, 2.45) is 5.92 Å². The van der Waals surface area contributed by atoms with Gasteiger partial charge in [-0.05, 0) is 43.5 Å². The average molecular weight is 554 g/mol. The van der Waals surface area contributed by atoms with E-state index in [9.17, 15) is 26.4 Å². The van der Waals surface area contributed by atoms with Crippen LogP contribution >= 0.6 is 0 Å². The van der Waals surface area contributed by atoms with Gasteiger partial charge >= 0.3 is 12.1 Å². The summed E-state index contributed by atoms with van der Waals surface area (Å²) in [5.41, 5.74) is 2.51. The highest BCUT2D eigenvalue weighted by Gasteiger charge is 2.38. The zero-order chi connectivity index (χ0) is 28.3. The van der Waals surface area contributed by atoms with E-state index in [1.165, 1.54) is 10.6 Å². The molecule has 0 saturated heterocycles. The highest BCUT2D eigenvalue weighted by molar-refractivity contribution is 7.89. The van der Waals surface area contributed by atoms with Crippen molar-refractivity contribution in [1.29, 1.82) is 0 Å². The second-order valence-corrected chi connectivity index (χ2v) is 10.7. The number of aliphatic carboxylic acids is 1. The Kier molecular flexibility index (Phi) is 8.57. The highest BCUT2D eigenvalue weighted by atomic mass is 32.2. The third-order valence-electron chi connectivity index (χ3n) is 5.60. The number of sulfonamides is 1. The molecular weight excluding hydrogens is 527 g/mol. The summed E-state index contributed by atoms with van der Waals surface area (Å²) in [6.07, 6.45) is -1.20. The Labute approximate surface area is 217 Å². The maximum Gasteiger partial charge on any atom is 0.490 e. The largest absolute Gasteiger partial charge is 0.490 e. The van der Waals surface area contributed by atoms with E-state index in [-0.39, 0.29) is 17.1 Å². The van der Waals surface area contributed by atoms with Crippen LogP contribution in [-0.4, -0.2) is 57.0 Å². The summed E-state index contributed by atoms with van der Waals surface area (Å²) in [7, 11) is -3.72. The third-order valence-corrected chi connectivity index (χ3v) is 7.50. The Morgan fingerprint density at radius 1 is 1.13 bits per heavy atom. The predicted molar refractivity (Wildman–Crippen MR) is 131 cm³/mol. The molecular formula is C24H26F3N5O5S. The smallest absolute Gasteiger partial charge is 0.475 e. The maximum atomic E-state index is 13.4. The monoisotopic (exact) mass is 553 g/mol. The Balaban J connectivity index is 0.000000505. The molecule has 2 N–H and O–H groups in total. The lowest BCUT2D eigenvalue weighted by Crippen LogP contribution is -2.32. The summed E-state index contributed by atoms with van der Waals surface area (Å²) in [5.74, 6) is -2.81. The lowest BCUT2D eigenvalue weighted by Gasteiger charge is -2.21. The van der Waals surface area contributed by atoms with Crippen molar-refractivity contribution in [3.05, 3.63) is 66.0 Å². The number of pyridine rings is 1. The lowest BCUT2D eigenvalue weighted by molar-refractivity contribution is -0.192. The van der Waals surface area contributed by atoms with Crippen LogP contribution in [0.3, 0.4) is 0 Å². The molecule has 14 heteroatoms. The number of para-hydroxylation sites is 1.